The summed E-state index contributed by atoms with van der Waals surface area (Å²) in [5, 5.41) is 0. The van der Waals surface area contributed by atoms with Gasteiger partial charge in [0.05, 0.1) is 16.6 Å². The lowest BCUT2D eigenvalue weighted by Crippen LogP contribution is -2.17. The van der Waals surface area contributed by atoms with Crippen LogP contribution in [-0.4, -0.2) is 42.7 Å². The first-order valence-corrected chi connectivity index (χ1v) is 6.81. The lowest BCUT2D eigenvalue weighted by Gasteiger charge is -2.18. The van der Waals surface area contributed by atoms with Gasteiger partial charge in [-0.2, -0.15) is 0 Å². The number of methoxy groups -OCH3 is 1. The smallest absolute Gasteiger partial charge is 0.171 e. The molecule has 0 fully saturated rings. The lowest BCUT2D eigenvalue weighted by molar-refractivity contribution is -0.120. The predicted molar refractivity (Wildman–Crippen MR) is 65.6 cm³/mol. The average Bonchev–Trinajstić information content (AvgIpc) is 2.38. The van der Waals surface area contributed by atoms with Crippen LogP contribution in [0.15, 0.2) is 23.1 Å². The Labute approximate surface area is 107 Å². The van der Waals surface area contributed by atoms with Crippen molar-refractivity contribution in [3.63, 3.8) is 0 Å². The summed E-state index contributed by atoms with van der Waals surface area (Å²) >= 11 is 0. The zero-order valence-electron chi connectivity index (χ0n) is 10.0. The van der Waals surface area contributed by atoms with E-state index >= 15 is 0 Å². The first kappa shape index (κ1) is 13.0. The SMILES string of the molecule is COCC(=O)CS(=O)c1ccc2c(c1)OCCO2. The van der Waals surface area contributed by atoms with Crippen molar-refractivity contribution in [1.82, 2.24) is 0 Å². The number of benzene rings is 1. The molecule has 0 bridgehead atoms. The van der Waals surface area contributed by atoms with Gasteiger partial charge in [-0.25, -0.2) is 0 Å². The molecule has 98 valence electrons. The number of hydrogen-bond acceptors (Lipinski definition) is 5. The maximum Gasteiger partial charge on any atom is 0.171 e. The van der Waals surface area contributed by atoms with E-state index < -0.39 is 10.8 Å². The Balaban J connectivity index is 2.09. The number of carbonyl (C=O) groups is 1. The fourth-order valence-corrected chi connectivity index (χ4v) is 2.60. The third-order valence-electron chi connectivity index (χ3n) is 2.37. The molecular formula is C12H14O5S. The molecule has 1 aromatic carbocycles. The summed E-state index contributed by atoms with van der Waals surface area (Å²) < 4.78 is 27.4. The minimum absolute atomic E-state index is 0.0176. The molecule has 0 aromatic heterocycles. The van der Waals surface area contributed by atoms with Crippen molar-refractivity contribution in [3.8, 4) is 11.5 Å². The molecule has 1 aliphatic rings. The third-order valence-corrected chi connectivity index (χ3v) is 3.74. The van der Waals surface area contributed by atoms with E-state index in [1.54, 1.807) is 18.2 Å². The minimum atomic E-state index is -1.38. The second-order valence-corrected chi connectivity index (χ2v) is 5.22. The Morgan fingerprint density at radius 3 is 2.78 bits per heavy atom. The second kappa shape index (κ2) is 5.97. The van der Waals surface area contributed by atoms with Crippen molar-refractivity contribution in [2.45, 2.75) is 4.90 Å². The molecule has 0 aliphatic carbocycles. The molecule has 2 rings (SSSR count). The topological polar surface area (TPSA) is 61.8 Å². The zero-order valence-corrected chi connectivity index (χ0v) is 10.8. The van der Waals surface area contributed by atoms with E-state index in [1.165, 1.54) is 7.11 Å². The van der Waals surface area contributed by atoms with Gasteiger partial charge in [0.1, 0.15) is 19.8 Å². The molecule has 1 heterocycles. The molecule has 0 amide bonds. The van der Waals surface area contributed by atoms with E-state index in [0.717, 1.165) is 0 Å². The summed E-state index contributed by atoms with van der Waals surface area (Å²) in [6.07, 6.45) is 0. The van der Waals surface area contributed by atoms with Crippen molar-refractivity contribution < 1.29 is 23.2 Å². The highest BCUT2D eigenvalue weighted by Gasteiger charge is 2.16. The minimum Gasteiger partial charge on any atom is -0.486 e. The fraction of sp³-hybridized carbons (Fsp3) is 0.417. The average molecular weight is 270 g/mol. The maximum atomic E-state index is 12.0. The largest absolute Gasteiger partial charge is 0.486 e. The molecule has 0 saturated heterocycles. The van der Waals surface area contributed by atoms with Crippen LogP contribution in [0.3, 0.4) is 0 Å². The molecule has 0 radical (unpaired) electrons. The maximum absolute atomic E-state index is 12.0. The molecular weight excluding hydrogens is 256 g/mol. The van der Waals surface area contributed by atoms with Crippen molar-refractivity contribution in [1.29, 1.82) is 0 Å². The molecule has 1 aliphatic heterocycles. The van der Waals surface area contributed by atoms with E-state index in [9.17, 15) is 9.00 Å². The number of ketones is 1. The Morgan fingerprint density at radius 2 is 2.06 bits per heavy atom. The molecule has 1 unspecified atom stereocenters. The van der Waals surface area contributed by atoms with Gasteiger partial charge in [-0.15, -0.1) is 0 Å². The summed E-state index contributed by atoms with van der Waals surface area (Å²) in [5.74, 6) is 0.982. The Kier molecular flexibility index (Phi) is 4.33. The van der Waals surface area contributed by atoms with Crippen LogP contribution >= 0.6 is 0 Å². The molecule has 0 N–H and O–H groups in total. The van der Waals surface area contributed by atoms with E-state index in [-0.39, 0.29) is 18.1 Å². The van der Waals surface area contributed by atoms with Gasteiger partial charge >= 0.3 is 0 Å². The monoisotopic (exact) mass is 270 g/mol. The number of Topliss-reactive ketones (excluding diaryl/α,β-unsaturated/α-hetero) is 1. The van der Waals surface area contributed by atoms with Gasteiger partial charge < -0.3 is 14.2 Å². The number of rotatable bonds is 5. The number of ether oxygens (including phenoxy) is 3. The zero-order chi connectivity index (χ0) is 13.0. The first-order valence-electron chi connectivity index (χ1n) is 5.49. The van der Waals surface area contributed by atoms with Crippen LogP contribution in [0.1, 0.15) is 0 Å². The van der Waals surface area contributed by atoms with E-state index in [4.69, 9.17) is 14.2 Å². The Hall–Kier alpha value is -1.40. The first-order chi connectivity index (χ1) is 8.70. The van der Waals surface area contributed by atoms with Gasteiger partial charge in [0, 0.05) is 18.1 Å². The van der Waals surface area contributed by atoms with Crippen LogP contribution in [0, 0.1) is 0 Å². The van der Waals surface area contributed by atoms with Gasteiger partial charge in [0.25, 0.3) is 0 Å². The van der Waals surface area contributed by atoms with Crippen LogP contribution in [0.2, 0.25) is 0 Å². The summed E-state index contributed by atoms with van der Waals surface area (Å²) in [5.41, 5.74) is 0. The van der Waals surface area contributed by atoms with Crippen molar-refractivity contribution in [2.24, 2.45) is 0 Å². The molecule has 6 heteroatoms. The van der Waals surface area contributed by atoms with Gasteiger partial charge in [-0.1, -0.05) is 0 Å². The van der Waals surface area contributed by atoms with Crippen LogP contribution in [0.5, 0.6) is 11.5 Å². The number of carbonyl (C=O) groups excluding carboxylic acids is 1. The molecule has 5 nitrogen and oxygen atoms in total. The highest BCUT2D eigenvalue weighted by atomic mass is 32.2. The van der Waals surface area contributed by atoms with E-state index in [2.05, 4.69) is 0 Å². The van der Waals surface area contributed by atoms with Crippen molar-refractivity contribution >= 4 is 16.6 Å². The van der Waals surface area contributed by atoms with Gasteiger partial charge in [0.2, 0.25) is 0 Å². The number of fused-ring (bicyclic) bond motifs is 1. The van der Waals surface area contributed by atoms with Crippen LogP contribution < -0.4 is 9.47 Å². The molecule has 18 heavy (non-hydrogen) atoms. The van der Waals surface area contributed by atoms with Crippen molar-refractivity contribution in [3.05, 3.63) is 18.2 Å². The fourth-order valence-electron chi connectivity index (χ4n) is 1.60. The summed E-state index contributed by atoms with van der Waals surface area (Å²) in [6.45, 7) is 0.976. The standard InChI is InChI=1S/C12H14O5S/c1-15-7-9(13)8-18(14)10-2-3-11-12(6-10)17-5-4-16-11/h2-3,6H,4-5,7-8H2,1H3. The molecule has 0 saturated carbocycles. The predicted octanol–water partition coefficient (Wildman–Crippen LogP) is 0.781. The lowest BCUT2D eigenvalue weighted by atomic mass is 10.3. The van der Waals surface area contributed by atoms with Crippen LogP contribution in [0.4, 0.5) is 0 Å². The van der Waals surface area contributed by atoms with Crippen LogP contribution in [-0.2, 0) is 20.3 Å². The summed E-state index contributed by atoms with van der Waals surface area (Å²) in [4.78, 5) is 11.9. The van der Waals surface area contributed by atoms with E-state index in [0.29, 0.717) is 29.6 Å². The molecule has 1 aromatic rings. The highest BCUT2D eigenvalue weighted by molar-refractivity contribution is 7.85. The van der Waals surface area contributed by atoms with Crippen LogP contribution in [0.25, 0.3) is 0 Å². The third kappa shape index (κ3) is 3.08. The molecule has 1 atom stereocenters. The summed E-state index contributed by atoms with van der Waals surface area (Å²) in [6, 6.07) is 5.05. The Morgan fingerprint density at radius 1 is 1.33 bits per heavy atom. The van der Waals surface area contributed by atoms with Gasteiger partial charge in [-0.05, 0) is 12.1 Å². The van der Waals surface area contributed by atoms with Gasteiger partial charge in [-0.3, -0.25) is 9.00 Å². The highest BCUT2D eigenvalue weighted by Crippen LogP contribution is 2.31. The van der Waals surface area contributed by atoms with Gasteiger partial charge in [0.15, 0.2) is 17.3 Å². The van der Waals surface area contributed by atoms with E-state index in [1.807, 2.05) is 0 Å². The Bertz CT molecular complexity index is 472. The molecule has 0 spiro atoms. The summed E-state index contributed by atoms with van der Waals surface area (Å²) in [7, 11) is 0.0573. The van der Waals surface area contributed by atoms with Crippen molar-refractivity contribution in [2.75, 3.05) is 32.7 Å². The quantitative estimate of drug-likeness (QED) is 0.791. The second-order valence-electron chi connectivity index (χ2n) is 3.77. The number of hydrogen-bond donors (Lipinski definition) is 0. The normalized spacial score (nSPS) is 15.2.